The Labute approximate surface area is 180 Å². The lowest BCUT2D eigenvalue weighted by Crippen LogP contribution is -2.49. The van der Waals surface area contributed by atoms with E-state index in [1.807, 2.05) is 0 Å². The zero-order chi connectivity index (χ0) is 21.3. The molecule has 4 rings (SSSR count). The predicted octanol–water partition coefficient (Wildman–Crippen LogP) is 2.82. The Kier molecular flexibility index (Phi) is 5.75. The number of fused-ring (bicyclic) bond motifs is 1. The van der Waals surface area contributed by atoms with E-state index in [2.05, 4.69) is 45.7 Å². The van der Waals surface area contributed by atoms with Gasteiger partial charge in [0.25, 0.3) is 0 Å². The second kappa shape index (κ2) is 8.31. The zero-order valence-corrected chi connectivity index (χ0v) is 18.7. The Morgan fingerprint density at radius 1 is 1.07 bits per heavy atom. The van der Waals surface area contributed by atoms with Crippen LogP contribution in [-0.4, -0.2) is 59.9 Å². The van der Waals surface area contributed by atoms with Crippen molar-refractivity contribution in [2.45, 2.75) is 25.2 Å². The van der Waals surface area contributed by atoms with Crippen molar-refractivity contribution in [2.75, 3.05) is 36.8 Å². The minimum Gasteiger partial charge on any atom is -0.368 e. The van der Waals surface area contributed by atoms with Gasteiger partial charge in [-0.05, 0) is 43.2 Å². The number of benzene rings is 2. The number of rotatable bonds is 5. The third-order valence-corrected chi connectivity index (χ3v) is 7.79. The van der Waals surface area contributed by atoms with Gasteiger partial charge >= 0.3 is 0 Å². The standard InChI is InChI=1S/C21H24N4O3S2/c1-15-6-7-16(2)18(14-15)24-9-11-25(12-10-24)20(26)8-13-30(27,28)19-5-3-4-17-21(19)23-29-22-17/h3-7,14H,8-13H2,1-2H3. The van der Waals surface area contributed by atoms with Crippen molar-refractivity contribution in [2.24, 2.45) is 0 Å². The lowest BCUT2D eigenvalue weighted by molar-refractivity contribution is -0.131. The van der Waals surface area contributed by atoms with E-state index in [4.69, 9.17) is 0 Å². The number of sulfone groups is 1. The van der Waals surface area contributed by atoms with Gasteiger partial charge in [0.2, 0.25) is 5.91 Å². The summed E-state index contributed by atoms with van der Waals surface area (Å²) in [6, 6.07) is 11.3. The first-order chi connectivity index (χ1) is 14.3. The number of hydrogen-bond acceptors (Lipinski definition) is 7. The van der Waals surface area contributed by atoms with Crippen LogP contribution in [0.1, 0.15) is 17.5 Å². The summed E-state index contributed by atoms with van der Waals surface area (Å²) < 4.78 is 33.8. The normalized spacial score (nSPS) is 15.0. The fourth-order valence-corrected chi connectivity index (χ4v) is 5.78. The zero-order valence-electron chi connectivity index (χ0n) is 17.0. The van der Waals surface area contributed by atoms with Crippen LogP contribution in [0.2, 0.25) is 0 Å². The summed E-state index contributed by atoms with van der Waals surface area (Å²) >= 11 is 0.986. The first-order valence-corrected chi connectivity index (χ1v) is 12.3. The van der Waals surface area contributed by atoms with E-state index >= 15 is 0 Å². The Bertz CT molecular complexity index is 1180. The van der Waals surface area contributed by atoms with Crippen LogP contribution in [0.25, 0.3) is 11.0 Å². The van der Waals surface area contributed by atoms with Gasteiger partial charge in [-0.2, -0.15) is 8.75 Å². The maximum Gasteiger partial charge on any atom is 0.223 e. The van der Waals surface area contributed by atoms with Crippen molar-refractivity contribution >= 4 is 44.2 Å². The second-order valence-electron chi connectivity index (χ2n) is 7.61. The molecule has 9 heteroatoms. The Morgan fingerprint density at radius 3 is 2.60 bits per heavy atom. The maximum atomic E-state index is 12.8. The summed E-state index contributed by atoms with van der Waals surface area (Å²) in [6.45, 7) is 6.84. The molecule has 1 aliphatic rings. The molecule has 0 saturated carbocycles. The number of amides is 1. The highest BCUT2D eigenvalue weighted by Gasteiger charge is 2.25. The molecule has 1 aliphatic heterocycles. The highest BCUT2D eigenvalue weighted by atomic mass is 32.2. The molecule has 0 atom stereocenters. The summed E-state index contributed by atoms with van der Waals surface area (Å²) in [5.74, 6) is -0.345. The Balaban J connectivity index is 1.37. The van der Waals surface area contributed by atoms with Crippen molar-refractivity contribution in [1.82, 2.24) is 13.6 Å². The SMILES string of the molecule is Cc1ccc(C)c(N2CCN(C(=O)CCS(=O)(=O)c3cccc4nsnc34)CC2)c1. The van der Waals surface area contributed by atoms with E-state index in [1.54, 1.807) is 17.0 Å². The van der Waals surface area contributed by atoms with Gasteiger partial charge in [0.05, 0.1) is 22.4 Å². The van der Waals surface area contributed by atoms with Gasteiger partial charge in [-0.1, -0.05) is 18.2 Å². The van der Waals surface area contributed by atoms with Crippen LogP contribution in [0.5, 0.6) is 0 Å². The van der Waals surface area contributed by atoms with E-state index in [-0.39, 0.29) is 23.0 Å². The van der Waals surface area contributed by atoms with Crippen LogP contribution >= 0.6 is 11.7 Å². The number of aryl methyl sites for hydroxylation is 2. The van der Waals surface area contributed by atoms with Crippen LogP contribution in [-0.2, 0) is 14.6 Å². The van der Waals surface area contributed by atoms with Crippen molar-refractivity contribution in [3.63, 3.8) is 0 Å². The first kappa shape index (κ1) is 20.7. The quantitative estimate of drug-likeness (QED) is 0.602. The molecule has 0 spiro atoms. The van der Waals surface area contributed by atoms with Gasteiger partial charge in [-0.25, -0.2) is 8.42 Å². The Hall–Kier alpha value is -2.52. The molecule has 3 aromatic rings. The molecule has 2 heterocycles. The van der Waals surface area contributed by atoms with Crippen LogP contribution < -0.4 is 4.90 Å². The predicted molar refractivity (Wildman–Crippen MR) is 119 cm³/mol. The van der Waals surface area contributed by atoms with Gasteiger partial charge in [0.1, 0.15) is 11.0 Å². The minimum atomic E-state index is -3.61. The van der Waals surface area contributed by atoms with Gasteiger partial charge < -0.3 is 9.80 Å². The lowest BCUT2D eigenvalue weighted by atomic mass is 10.1. The number of anilines is 1. The third kappa shape index (κ3) is 4.17. The molecule has 2 aromatic carbocycles. The van der Waals surface area contributed by atoms with Crippen LogP contribution in [0, 0.1) is 13.8 Å². The number of nitrogens with zero attached hydrogens (tertiary/aromatic N) is 4. The molecule has 0 aliphatic carbocycles. The average molecular weight is 445 g/mol. The molecule has 1 aromatic heterocycles. The number of piperazine rings is 1. The van der Waals surface area contributed by atoms with Gasteiger partial charge in [0, 0.05) is 38.3 Å². The molecule has 0 unspecified atom stereocenters. The van der Waals surface area contributed by atoms with Gasteiger partial charge in [0.15, 0.2) is 9.84 Å². The number of hydrogen-bond donors (Lipinski definition) is 0. The lowest BCUT2D eigenvalue weighted by Gasteiger charge is -2.37. The highest BCUT2D eigenvalue weighted by Crippen LogP contribution is 2.24. The summed E-state index contributed by atoms with van der Waals surface area (Å²) in [4.78, 5) is 16.9. The molecule has 1 amide bonds. The largest absolute Gasteiger partial charge is 0.368 e. The van der Waals surface area contributed by atoms with E-state index < -0.39 is 9.84 Å². The first-order valence-electron chi connectivity index (χ1n) is 9.89. The van der Waals surface area contributed by atoms with E-state index in [0.717, 1.165) is 24.8 Å². The summed E-state index contributed by atoms with van der Waals surface area (Å²) in [6.07, 6.45) is -0.0280. The molecular formula is C21H24N4O3S2. The summed E-state index contributed by atoms with van der Waals surface area (Å²) in [7, 11) is -3.61. The van der Waals surface area contributed by atoms with Crippen LogP contribution in [0.3, 0.4) is 0 Å². The topological polar surface area (TPSA) is 83.5 Å². The molecule has 1 fully saturated rings. The number of aromatic nitrogens is 2. The van der Waals surface area contributed by atoms with Gasteiger partial charge in [-0.15, -0.1) is 0 Å². The van der Waals surface area contributed by atoms with Crippen molar-refractivity contribution < 1.29 is 13.2 Å². The minimum absolute atomic E-state index is 0.0280. The molecule has 0 radical (unpaired) electrons. The fourth-order valence-electron chi connectivity index (χ4n) is 3.78. The molecular weight excluding hydrogens is 420 g/mol. The summed E-state index contributed by atoms with van der Waals surface area (Å²) in [5, 5.41) is 0. The monoisotopic (exact) mass is 444 g/mol. The molecule has 7 nitrogen and oxygen atoms in total. The van der Waals surface area contributed by atoms with Crippen LogP contribution in [0.4, 0.5) is 5.69 Å². The fraction of sp³-hybridized carbons (Fsp3) is 0.381. The van der Waals surface area contributed by atoms with Crippen molar-refractivity contribution in [1.29, 1.82) is 0 Å². The maximum absolute atomic E-state index is 12.8. The van der Waals surface area contributed by atoms with E-state index in [9.17, 15) is 13.2 Å². The molecule has 0 bridgehead atoms. The van der Waals surface area contributed by atoms with Crippen LogP contribution in [0.15, 0.2) is 41.3 Å². The smallest absolute Gasteiger partial charge is 0.223 e. The molecule has 0 N–H and O–H groups in total. The van der Waals surface area contributed by atoms with Crippen molar-refractivity contribution in [3.8, 4) is 0 Å². The third-order valence-electron chi connectivity index (χ3n) is 5.51. The van der Waals surface area contributed by atoms with Gasteiger partial charge in [-0.3, -0.25) is 4.79 Å². The second-order valence-corrected chi connectivity index (χ2v) is 10.2. The van der Waals surface area contributed by atoms with E-state index in [1.165, 1.54) is 22.9 Å². The van der Waals surface area contributed by atoms with Crippen molar-refractivity contribution in [3.05, 3.63) is 47.5 Å². The number of carbonyl (C=O) groups is 1. The Morgan fingerprint density at radius 2 is 1.83 bits per heavy atom. The molecule has 1 saturated heterocycles. The number of carbonyl (C=O) groups excluding carboxylic acids is 1. The average Bonchev–Trinajstić information content (AvgIpc) is 3.23. The highest BCUT2D eigenvalue weighted by molar-refractivity contribution is 7.91. The molecule has 30 heavy (non-hydrogen) atoms. The molecule has 158 valence electrons. The van der Waals surface area contributed by atoms with E-state index in [0.29, 0.717) is 24.1 Å². The summed E-state index contributed by atoms with van der Waals surface area (Å²) in [5.41, 5.74) is 4.59.